The molecule has 0 bridgehead atoms. The minimum absolute atomic E-state index is 0.235. The molecule has 0 aliphatic carbocycles. The van der Waals surface area contributed by atoms with Gasteiger partial charge in [0.1, 0.15) is 0 Å². The summed E-state index contributed by atoms with van der Waals surface area (Å²) < 4.78 is 0. The number of aliphatic carboxylic acids is 1. The van der Waals surface area contributed by atoms with Gasteiger partial charge in [-0.05, 0) is 6.42 Å². The topological polar surface area (TPSA) is 57.5 Å². The van der Waals surface area contributed by atoms with Crippen LogP contribution < -0.4 is 0 Å². The monoisotopic (exact) mass is 174 g/mol. The molecule has 1 atom stereocenters. The quantitative estimate of drug-likeness (QED) is 0.577. The molecule has 1 unspecified atom stereocenters. The molecule has 0 saturated carbocycles. The summed E-state index contributed by atoms with van der Waals surface area (Å²) in [6, 6.07) is 0. The predicted molar refractivity (Wildman–Crippen MR) is 47.0 cm³/mol. The molecule has 0 aliphatic heterocycles. The zero-order valence-electron chi connectivity index (χ0n) is 7.62. The minimum Gasteiger partial charge on any atom is -0.481 e. The molecule has 0 aromatic rings. The first-order valence-electron chi connectivity index (χ1n) is 4.56. The molecule has 0 spiro atoms. The van der Waals surface area contributed by atoms with Gasteiger partial charge in [-0.25, -0.2) is 0 Å². The summed E-state index contributed by atoms with van der Waals surface area (Å²) in [5, 5.41) is 17.2. The number of rotatable bonds is 7. The van der Waals surface area contributed by atoms with E-state index in [2.05, 4.69) is 6.92 Å². The van der Waals surface area contributed by atoms with Crippen LogP contribution in [0.15, 0.2) is 0 Å². The zero-order chi connectivity index (χ0) is 9.40. The van der Waals surface area contributed by atoms with Crippen molar-refractivity contribution in [2.24, 2.45) is 5.92 Å². The van der Waals surface area contributed by atoms with Crippen molar-refractivity contribution in [3.8, 4) is 0 Å². The molecule has 0 amide bonds. The highest BCUT2D eigenvalue weighted by Crippen LogP contribution is 2.10. The third-order valence-corrected chi connectivity index (χ3v) is 1.98. The van der Waals surface area contributed by atoms with Gasteiger partial charge < -0.3 is 10.2 Å². The lowest BCUT2D eigenvalue weighted by atomic mass is 10.0. The fourth-order valence-corrected chi connectivity index (χ4v) is 1.11. The largest absolute Gasteiger partial charge is 0.481 e. The molecule has 3 nitrogen and oxygen atoms in total. The lowest BCUT2D eigenvalue weighted by Crippen LogP contribution is -2.17. The van der Waals surface area contributed by atoms with E-state index in [0.29, 0.717) is 6.42 Å². The van der Waals surface area contributed by atoms with Crippen LogP contribution in [0.4, 0.5) is 0 Å². The second kappa shape index (κ2) is 7.10. The smallest absolute Gasteiger partial charge is 0.308 e. The summed E-state index contributed by atoms with van der Waals surface area (Å²) in [7, 11) is 0. The van der Waals surface area contributed by atoms with Crippen LogP contribution in [0.5, 0.6) is 0 Å². The van der Waals surface area contributed by atoms with Crippen LogP contribution in [-0.4, -0.2) is 22.8 Å². The molecule has 0 fully saturated rings. The normalized spacial score (nSPS) is 12.8. The first-order chi connectivity index (χ1) is 5.72. The first-order valence-corrected chi connectivity index (χ1v) is 4.56. The molecule has 0 radical (unpaired) electrons. The molecule has 72 valence electrons. The van der Waals surface area contributed by atoms with Crippen molar-refractivity contribution in [1.29, 1.82) is 0 Å². The van der Waals surface area contributed by atoms with Crippen molar-refractivity contribution in [2.75, 3.05) is 6.61 Å². The summed E-state index contributed by atoms with van der Waals surface area (Å²) in [4.78, 5) is 10.4. The van der Waals surface area contributed by atoms with Gasteiger partial charge in [0, 0.05) is 0 Å². The van der Waals surface area contributed by atoms with Crippen LogP contribution in [-0.2, 0) is 4.79 Å². The minimum atomic E-state index is -0.881. The Morgan fingerprint density at radius 2 is 2.00 bits per heavy atom. The predicted octanol–water partition coefficient (Wildman–Crippen LogP) is 1.65. The van der Waals surface area contributed by atoms with E-state index in [-0.39, 0.29) is 6.61 Å². The van der Waals surface area contributed by atoms with Gasteiger partial charge in [-0.1, -0.05) is 32.6 Å². The van der Waals surface area contributed by atoms with E-state index >= 15 is 0 Å². The summed E-state index contributed by atoms with van der Waals surface area (Å²) >= 11 is 0. The number of carboxylic acid groups (broad SMARTS) is 1. The maximum absolute atomic E-state index is 10.4. The van der Waals surface area contributed by atoms with Gasteiger partial charge in [0.05, 0.1) is 12.5 Å². The zero-order valence-corrected chi connectivity index (χ0v) is 7.62. The molecule has 0 aliphatic rings. The Morgan fingerprint density at radius 1 is 1.33 bits per heavy atom. The number of carboxylic acids is 1. The van der Waals surface area contributed by atoms with Crippen molar-refractivity contribution in [3.05, 3.63) is 0 Å². The lowest BCUT2D eigenvalue weighted by Gasteiger charge is -2.07. The van der Waals surface area contributed by atoms with E-state index in [0.717, 1.165) is 25.7 Å². The van der Waals surface area contributed by atoms with Crippen LogP contribution in [0.1, 0.15) is 39.0 Å². The molecular weight excluding hydrogens is 156 g/mol. The van der Waals surface area contributed by atoms with Crippen molar-refractivity contribution in [1.82, 2.24) is 0 Å². The number of aliphatic hydroxyl groups is 1. The third-order valence-electron chi connectivity index (χ3n) is 1.98. The van der Waals surface area contributed by atoms with Crippen molar-refractivity contribution < 1.29 is 15.0 Å². The Kier molecular flexibility index (Phi) is 6.76. The van der Waals surface area contributed by atoms with Crippen LogP contribution >= 0.6 is 0 Å². The summed E-state index contributed by atoms with van der Waals surface area (Å²) in [5.41, 5.74) is 0. The van der Waals surface area contributed by atoms with Crippen LogP contribution in [0.25, 0.3) is 0 Å². The van der Waals surface area contributed by atoms with E-state index in [4.69, 9.17) is 10.2 Å². The van der Waals surface area contributed by atoms with Gasteiger partial charge in [-0.2, -0.15) is 0 Å². The molecule has 0 aromatic heterocycles. The Hall–Kier alpha value is -0.570. The van der Waals surface area contributed by atoms with Gasteiger partial charge in [0.25, 0.3) is 0 Å². The molecule has 3 heteroatoms. The summed E-state index contributed by atoms with van der Waals surface area (Å²) in [6.07, 6.45) is 4.88. The fourth-order valence-electron chi connectivity index (χ4n) is 1.11. The van der Waals surface area contributed by atoms with Crippen molar-refractivity contribution in [3.63, 3.8) is 0 Å². The third kappa shape index (κ3) is 5.13. The second-order valence-electron chi connectivity index (χ2n) is 3.07. The second-order valence-corrected chi connectivity index (χ2v) is 3.07. The molecule has 12 heavy (non-hydrogen) atoms. The van der Waals surface area contributed by atoms with Gasteiger partial charge >= 0.3 is 5.97 Å². The van der Waals surface area contributed by atoms with Crippen LogP contribution in [0.2, 0.25) is 0 Å². The highest BCUT2D eigenvalue weighted by atomic mass is 16.4. The molecule has 0 saturated heterocycles. The first kappa shape index (κ1) is 11.4. The number of hydrogen-bond acceptors (Lipinski definition) is 2. The van der Waals surface area contributed by atoms with Gasteiger partial charge in [0.15, 0.2) is 0 Å². The molecule has 0 heterocycles. The van der Waals surface area contributed by atoms with Crippen LogP contribution in [0.3, 0.4) is 0 Å². The highest BCUT2D eigenvalue weighted by molar-refractivity contribution is 5.69. The number of unbranched alkanes of at least 4 members (excludes halogenated alkanes) is 3. The van der Waals surface area contributed by atoms with Gasteiger partial charge in [0.2, 0.25) is 0 Å². The Balaban J connectivity index is 3.38. The molecule has 0 aromatic carbocycles. The molecule has 2 N–H and O–H groups in total. The maximum Gasteiger partial charge on any atom is 0.308 e. The van der Waals surface area contributed by atoms with Gasteiger partial charge in [-0.15, -0.1) is 0 Å². The number of hydrogen-bond donors (Lipinski definition) is 2. The van der Waals surface area contributed by atoms with E-state index in [1.807, 2.05) is 0 Å². The highest BCUT2D eigenvalue weighted by Gasteiger charge is 2.14. The Bertz CT molecular complexity index is 123. The average molecular weight is 174 g/mol. The standard InChI is InChI=1S/C9H18O3/c1-2-3-4-5-6-8(7-10)9(11)12/h8,10H,2-7H2,1H3,(H,11,12). The van der Waals surface area contributed by atoms with E-state index in [1.165, 1.54) is 0 Å². The number of aliphatic hydroxyl groups excluding tert-OH is 1. The SMILES string of the molecule is CCCCCCC(CO)C(=O)O. The van der Waals surface area contributed by atoms with E-state index in [9.17, 15) is 4.79 Å². The Labute approximate surface area is 73.4 Å². The van der Waals surface area contributed by atoms with E-state index < -0.39 is 11.9 Å². The lowest BCUT2D eigenvalue weighted by molar-refractivity contribution is -0.143. The molecule has 0 rings (SSSR count). The summed E-state index contributed by atoms with van der Waals surface area (Å²) in [5.74, 6) is -1.43. The van der Waals surface area contributed by atoms with Crippen molar-refractivity contribution >= 4 is 5.97 Å². The molecular formula is C9H18O3. The van der Waals surface area contributed by atoms with Crippen LogP contribution in [0, 0.1) is 5.92 Å². The maximum atomic E-state index is 10.4. The van der Waals surface area contributed by atoms with E-state index in [1.54, 1.807) is 0 Å². The fraction of sp³-hybridized carbons (Fsp3) is 0.889. The number of carbonyl (C=O) groups is 1. The van der Waals surface area contributed by atoms with Gasteiger partial charge in [-0.3, -0.25) is 4.79 Å². The summed E-state index contributed by atoms with van der Waals surface area (Å²) in [6.45, 7) is 1.88. The Morgan fingerprint density at radius 3 is 2.42 bits per heavy atom. The van der Waals surface area contributed by atoms with Crippen molar-refractivity contribution in [2.45, 2.75) is 39.0 Å². The average Bonchev–Trinajstić information content (AvgIpc) is 2.04.